The Morgan fingerprint density at radius 2 is 1.57 bits per heavy atom. The molecule has 0 radical (unpaired) electrons. The second-order valence-corrected chi connectivity index (χ2v) is 15.7. The van der Waals surface area contributed by atoms with E-state index >= 15 is 0 Å². The van der Waals surface area contributed by atoms with Crippen molar-refractivity contribution in [3.05, 3.63) is 29.3 Å². The lowest BCUT2D eigenvalue weighted by atomic mass is 9.50. The molecule has 4 aliphatic carbocycles. The van der Waals surface area contributed by atoms with Crippen LogP contribution >= 0.6 is 11.8 Å². The summed E-state index contributed by atoms with van der Waals surface area (Å²) in [6.45, 7) is 2.47. The van der Waals surface area contributed by atoms with Crippen LogP contribution in [0.4, 0.5) is 22.0 Å². The van der Waals surface area contributed by atoms with E-state index in [1.165, 1.54) is 17.3 Å². The number of phenolic OH excluding ortho intramolecular Hbond substituents is 1. The summed E-state index contributed by atoms with van der Waals surface area (Å²) in [5.41, 5.74) is 2.78. The van der Waals surface area contributed by atoms with E-state index in [0.717, 1.165) is 94.8 Å². The van der Waals surface area contributed by atoms with Crippen LogP contribution in [0.15, 0.2) is 18.2 Å². The van der Waals surface area contributed by atoms with Gasteiger partial charge in [-0.05, 0) is 115 Å². The average Bonchev–Trinajstić information content (AvgIpc) is 3.75. The molecule has 0 amide bonds. The number of hydrogen-bond acceptors (Lipinski definition) is 4. The van der Waals surface area contributed by atoms with Crippen LogP contribution in [0, 0.1) is 28.6 Å². The molecule has 3 unspecified atom stereocenters. The van der Waals surface area contributed by atoms with Crippen molar-refractivity contribution in [3.8, 4) is 5.75 Å². The predicted molar refractivity (Wildman–Crippen MR) is 165 cm³/mol. The first-order valence-corrected chi connectivity index (χ1v) is 18.1. The van der Waals surface area contributed by atoms with Crippen molar-refractivity contribution in [2.24, 2.45) is 28.6 Å². The number of fused-ring (bicyclic) bond motifs is 6. The minimum absolute atomic E-state index is 0.0502. The molecule has 3 fully saturated rings. The van der Waals surface area contributed by atoms with E-state index < -0.39 is 18.5 Å². The largest absolute Gasteiger partial charge is 0.508 e. The lowest BCUT2D eigenvalue weighted by Gasteiger charge is -2.55. The van der Waals surface area contributed by atoms with E-state index in [1.54, 1.807) is 7.11 Å². The lowest BCUT2D eigenvalue weighted by Crippen LogP contribution is -2.48. The SMILES string of the molecule is CO[C@@H]1c2cc(O)ccc2C2CC[C@@]3(C)C(C[C@@H](O)C34CC4)C2[C@@H]1CCCCCCCCCSCCCC(F)(F)C(F)(F)F. The zero-order valence-corrected chi connectivity index (χ0v) is 27.1. The Labute approximate surface area is 264 Å². The second-order valence-electron chi connectivity index (χ2n) is 14.5. The van der Waals surface area contributed by atoms with Gasteiger partial charge in [0.1, 0.15) is 5.75 Å². The van der Waals surface area contributed by atoms with E-state index in [-0.39, 0.29) is 29.5 Å². The highest BCUT2D eigenvalue weighted by atomic mass is 32.2. The number of ether oxygens (including phenoxy) is 1. The highest BCUT2D eigenvalue weighted by molar-refractivity contribution is 7.99. The van der Waals surface area contributed by atoms with E-state index in [2.05, 4.69) is 13.0 Å². The van der Waals surface area contributed by atoms with Crippen molar-refractivity contribution < 1.29 is 36.9 Å². The predicted octanol–water partition coefficient (Wildman–Crippen LogP) is 10.2. The maximum absolute atomic E-state index is 13.0. The Balaban J connectivity index is 1.08. The Hall–Kier alpha value is -1.06. The van der Waals surface area contributed by atoms with Gasteiger partial charge >= 0.3 is 12.1 Å². The van der Waals surface area contributed by atoms with Gasteiger partial charge in [-0.1, -0.05) is 51.5 Å². The summed E-state index contributed by atoms with van der Waals surface area (Å²) in [5, 5.41) is 21.6. The lowest BCUT2D eigenvalue weighted by molar-refractivity contribution is -0.284. The molecule has 0 aliphatic heterocycles. The number of alkyl halides is 5. The molecule has 5 rings (SSSR count). The van der Waals surface area contributed by atoms with Gasteiger partial charge in [0.2, 0.25) is 0 Å². The van der Waals surface area contributed by atoms with E-state index in [9.17, 15) is 32.2 Å². The standard InChI is InChI=1S/C35H51F5O3S/c1-32-16-14-25-24-13-12-23(41)21-27(24)31(43-2)26(30(25)28(32)22-29(42)33(32)17-18-33)11-8-6-4-3-5-7-9-19-44-20-10-15-34(36,37)35(38,39)40/h12-13,21,25-26,28-31,41-42H,3-11,14-20,22H2,1-2H3/t25?,26-,28?,29+,30?,31-,32-/m0/s1. The maximum Gasteiger partial charge on any atom is 0.453 e. The molecule has 0 heterocycles. The molecule has 4 aliphatic rings. The van der Waals surface area contributed by atoms with Gasteiger partial charge < -0.3 is 14.9 Å². The first kappa shape index (κ1) is 34.3. The molecule has 250 valence electrons. The van der Waals surface area contributed by atoms with Crippen LogP contribution in [0.3, 0.4) is 0 Å². The van der Waals surface area contributed by atoms with Gasteiger partial charge in [0, 0.05) is 18.9 Å². The summed E-state index contributed by atoms with van der Waals surface area (Å²) < 4.78 is 68.9. The molecule has 3 saturated carbocycles. The highest BCUT2D eigenvalue weighted by Crippen LogP contribution is 2.77. The Bertz CT molecular complexity index is 1110. The fourth-order valence-corrected chi connectivity index (χ4v) is 10.7. The first-order valence-electron chi connectivity index (χ1n) is 16.9. The minimum atomic E-state index is -5.45. The quantitative estimate of drug-likeness (QED) is 0.147. The van der Waals surface area contributed by atoms with Crippen LogP contribution in [0.25, 0.3) is 0 Å². The topological polar surface area (TPSA) is 49.7 Å². The average molecular weight is 647 g/mol. The van der Waals surface area contributed by atoms with E-state index in [4.69, 9.17) is 4.74 Å². The fourth-order valence-electron chi connectivity index (χ4n) is 9.75. The minimum Gasteiger partial charge on any atom is -0.508 e. The monoisotopic (exact) mass is 646 g/mol. The number of methoxy groups -OCH3 is 1. The molecule has 7 atom stereocenters. The van der Waals surface area contributed by atoms with Crippen LogP contribution in [-0.4, -0.2) is 47.0 Å². The summed E-state index contributed by atoms with van der Waals surface area (Å²) in [6, 6.07) is 5.86. The smallest absolute Gasteiger partial charge is 0.453 e. The number of aliphatic hydroxyl groups is 1. The molecule has 9 heteroatoms. The summed E-state index contributed by atoms with van der Waals surface area (Å²) in [6.07, 6.45) is 7.30. The number of aliphatic hydroxyl groups excluding tert-OH is 1. The maximum atomic E-state index is 13.0. The molecule has 0 bridgehead atoms. The second kappa shape index (κ2) is 13.6. The molecular formula is C35H51F5O3S. The molecule has 44 heavy (non-hydrogen) atoms. The van der Waals surface area contributed by atoms with Crippen molar-refractivity contribution in [3.63, 3.8) is 0 Å². The van der Waals surface area contributed by atoms with Crippen LogP contribution in [-0.2, 0) is 4.74 Å². The Morgan fingerprint density at radius 3 is 2.23 bits per heavy atom. The zero-order chi connectivity index (χ0) is 31.8. The zero-order valence-electron chi connectivity index (χ0n) is 26.3. The van der Waals surface area contributed by atoms with Gasteiger partial charge in [-0.2, -0.15) is 33.7 Å². The van der Waals surface area contributed by atoms with Crippen LogP contribution in [0.1, 0.15) is 126 Å². The van der Waals surface area contributed by atoms with Crippen molar-refractivity contribution in [1.29, 1.82) is 0 Å². The Kier molecular flexibility index (Phi) is 10.6. The van der Waals surface area contributed by atoms with Crippen LogP contribution < -0.4 is 0 Å². The molecule has 0 aromatic heterocycles. The molecular weight excluding hydrogens is 595 g/mol. The molecule has 0 saturated heterocycles. The molecule has 1 aromatic carbocycles. The third kappa shape index (κ3) is 6.54. The first-order chi connectivity index (χ1) is 20.9. The van der Waals surface area contributed by atoms with E-state index in [0.29, 0.717) is 35.2 Å². The van der Waals surface area contributed by atoms with Gasteiger partial charge in [0.05, 0.1) is 12.2 Å². The normalized spacial score (nSPS) is 32.4. The number of thioether (sulfide) groups is 1. The number of phenols is 1. The number of hydrogen-bond donors (Lipinski definition) is 2. The van der Waals surface area contributed by atoms with Crippen molar-refractivity contribution >= 4 is 11.8 Å². The summed E-state index contributed by atoms with van der Waals surface area (Å²) in [5.74, 6) is -1.39. The van der Waals surface area contributed by atoms with Crippen molar-refractivity contribution in [1.82, 2.24) is 0 Å². The van der Waals surface area contributed by atoms with Gasteiger partial charge in [0.15, 0.2) is 0 Å². The third-order valence-corrected chi connectivity index (χ3v) is 13.4. The van der Waals surface area contributed by atoms with Crippen LogP contribution in [0.5, 0.6) is 5.75 Å². The van der Waals surface area contributed by atoms with Gasteiger partial charge in [0.25, 0.3) is 0 Å². The van der Waals surface area contributed by atoms with Gasteiger partial charge in [-0.25, -0.2) is 0 Å². The Morgan fingerprint density at radius 1 is 0.909 bits per heavy atom. The molecule has 1 spiro atoms. The van der Waals surface area contributed by atoms with Gasteiger partial charge in [-0.3, -0.25) is 0 Å². The summed E-state index contributed by atoms with van der Waals surface area (Å²) in [7, 11) is 1.80. The molecule has 1 aromatic rings. The fraction of sp³-hybridized carbons (Fsp3) is 0.829. The highest BCUT2D eigenvalue weighted by Gasteiger charge is 2.71. The number of aromatic hydroxyl groups is 1. The summed E-state index contributed by atoms with van der Waals surface area (Å²) in [4.78, 5) is 0. The number of halogens is 5. The number of unbranched alkanes of at least 4 members (excludes halogenated alkanes) is 6. The van der Waals surface area contributed by atoms with Crippen molar-refractivity contribution in [2.75, 3.05) is 18.6 Å². The number of rotatable bonds is 15. The third-order valence-electron chi connectivity index (χ3n) is 12.2. The van der Waals surface area contributed by atoms with E-state index in [1.807, 2.05) is 12.1 Å². The van der Waals surface area contributed by atoms with Gasteiger partial charge in [-0.15, -0.1) is 0 Å². The molecule has 2 N–H and O–H groups in total. The molecule has 3 nitrogen and oxygen atoms in total. The summed E-state index contributed by atoms with van der Waals surface area (Å²) >= 11 is 1.47. The number of benzene rings is 1. The van der Waals surface area contributed by atoms with Crippen LogP contribution in [0.2, 0.25) is 0 Å². The van der Waals surface area contributed by atoms with Crippen molar-refractivity contribution in [2.45, 2.75) is 133 Å².